The van der Waals surface area contributed by atoms with Gasteiger partial charge < -0.3 is 10.4 Å². The largest absolute Gasteiger partial charge is 0.394 e. The van der Waals surface area contributed by atoms with Crippen molar-refractivity contribution >= 4 is 17.7 Å². The number of carbonyl (C=O) groups excluding carboxylic acids is 1. The van der Waals surface area contributed by atoms with Gasteiger partial charge in [0.1, 0.15) is 0 Å². The number of amides is 1. The van der Waals surface area contributed by atoms with Gasteiger partial charge in [0.25, 0.3) is 0 Å². The Labute approximate surface area is 114 Å². The Balaban J connectivity index is 1.99. The highest BCUT2D eigenvalue weighted by atomic mass is 32.2. The van der Waals surface area contributed by atoms with Crippen LogP contribution >= 0.6 is 11.8 Å². The summed E-state index contributed by atoms with van der Waals surface area (Å²) in [7, 11) is 0. The van der Waals surface area contributed by atoms with Gasteiger partial charge in [-0.15, -0.1) is 11.8 Å². The van der Waals surface area contributed by atoms with E-state index in [0.717, 1.165) is 50.2 Å². The third kappa shape index (κ3) is 2.85. The smallest absolute Gasteiger partial charge is 0.236 e. The van der Waals surface area contributed by atoms with Crippen LogP contribution in [0.2, 0.25) is 0 Å². The van der Waals surface area contributed by atoms with E-state index >= 15 is 0 Å². The Morgan fingerprint density at radius 2 is 2.06 bits per heavy atom. The monoisotopic (exact) mass is 271 g/mol. The molecule has 1 atom stereocenters. The van der Waals surface area contributed by atoms with Crippen LogP contribution in [0.3, 0.4) is 0 Å². The molecule has 18 heavy (non-hydrogen) atoms. The summed E-state index contributed by atoms with van der Waals surface area (Å²) < 4.78 is -0.273. The molecule has 1 saturated heterocycles. The highest BCUT2D eigenvalue weighted by molar-refractivity contribution is 8.01. The van der Waals surface area contributed by atoms with Crippen molar-refractivity contribution in [3.63, 3.8) is 0 Å². The molecule has 1 aliphatic heterocycles. The maximum Gasteiger partial charge on any atom is 0.236 e. The number of aliphatic hydroxyl groups excluding tert-OH is 1. The maximum atomic E-state index is 12.4. The molecule has 2 rings (SSSR count). The fourth-order valence-electron chi connectivity index (χ4n) is 2.97. The first-order valence-electron chi connectivity index (χ1n) is 7.07. The van der Waals surface area contributed by atoms with E-state index in [2.05, 4.69) is 12.2 Å². The second-order valence-corrected chi connectivity index (χ2v) is 7.86. The molecule has 4 heteroatoms. The predicted octanol–water partition coefficient (Wildman–Crippen LogP) is 2.33. The molecule has 1 unspecified atom stereocenters. The molecular formula is C14H25NO2S. The lowest BCUT2D eigenvalue weighted by molar-refractivity contribution is -0.126. The minimum absolute atomic E-state index is 0.0756. The predicted molar refractivity (Wildman–Crippen MR) is 75.7 cm³/mol. The van der Waals surface area contributed by atoms with Crippen molar-refractivity contribution < 1.29 is 9.90 Å². The molecule has 1 aliphatic carbocycles. The molecule has 0 aromatic carbocycles. The summed E-state index contributed by atoms with van der Waals surface area (Å²) in [6, 6.07) is 0. The number of carbonyl (C=O) groups is 1. The lowest BCUT2D eigenvalue weighted by Gasteiger charge is -2.40. The van der Waals surface area contributed by atoms with Gasteiger partial charge in [0, 0.05) is 0 Å². The third-order valence-electron chi connectivity index (χ3n) is 4.61. The van der Waals surface area contributed by atoms with Crippen LogP contribution in [0, 0.1) is 5.92 Å². The molecule has 3 nitrogen and oxygen atoms in total. The van der Waals surface area contributed by atoms with Crippen molar-refractivity contribution in [1.82, 2.24) is 5.32 Å². The van der Waals surface area contributed by atoms with Crippen LogP contribution in [-0.4, -0.2) is 33.7 Å². The molecule has 0 bridgehead atoms. The lowest BCUT2D eigenvalue weighted by atomic mass is 9.77. The van der Waals surface area contributed by atoms with Gasteiger partial charge >= 0.3 is 0 Å². The number of aliphatic hydroxyl groups is 1. The molecule has 2 fully saturated rings. The molecule has 2 aliphatic rings. The Morgan fingerprint density at radius 3 is 2.56 bits per heavy atom. The number of rotatable bonds is 3. The van der Waals surface area contributed by atoms with Gasteiger partial charge in [0.2, 0.25) is 5.91 Å². The van der Waals surface area contributed by atoms with Gasteiger partial charge in [-0.05, 0) is 57.1 Å². The van der Waals surface area contributed by atoms with E-state index in [1.165, 1.54) is 0 Å². The van der Waals surface area contributed by atoms with E-state index in [0.29, 0.717) is 0 Å². The van der Waals surface area contributed by atoms with Crippen molar-refractivity contribution in [2.24, 2.45) is 5.92 Å². The third-order valence-corrected chi connectivity index (χ3v) is 6.13. The van der Waals surface area contributed by atoms with Crippen LogP contribution in [0.25, 0.3) is 0 Å². The van der Waals surface area contributed by atoms with E-state index in [1.807, 2.05) is 6.92 Å². The molecule has 0 aromatic heterocycles. The Bertz CT molecular complexity index is 305. The standard InChI is InChI=1S/C14H25NO2S/c1-11-4-7-14(10-16,8-5-11)15-12(17)13(2)6-3-9-18-13/h11,16H,3-10H2,1-2H3,(H,15,17). The van der Waals surface area contributed by atoms with Crippen molar-refractivity contribution in [3.8, 4) is 0 Å². The average molecular weight is 271 g/mol. The highest BCUT2D eigenvalue weighted by Gasteiger charge is 2.42. The summed E-state index contributed by atoms with van der Waals surface area (Å²) in [6.45, 7) is 4.36. The first-order valence-corrected chi connectivity index (χ1v) is 8.06. The zero-order chi connectivity index (χ0) is 13.2. The average Bonchev–Trinajstić information content (AvgIpc) is 2.81. The zero-order valence-corrected chi connectivity index (χ0v) is 12.3. The molecule has 0 radical (unpaired) electrons. The van der Waals surface area contributed by atoms with Crippen molar-refractivity contribution in [2.45, 2.75) is 62.7 Å². The second-order valence-electron chi connectivity index (χ2n) is 6.26. The molecule has 0 spiro atoms. The molecule has 0 aromatic rings. The number of thioether (sulfide) groups is 1. The highest BCUT2D eigenvalue weighted by Crippen LogP contribution is 2.39. The molecule has 2 N–H and O–H groups in total. The maximum absolute atomic E-state index is 12.4. The number of hydrogen-bond donors (Lipinski definition) is 2. The van der Waals surface area contributed by atoms with E-state index in [9.17, 15) is 9.90 Å². The van der Waals surface area contributed by atoms with Crippen LogP contribution < -0.4 is 5.32 Å². The molecule has 104 valence electrons. The van der Waals surface area contributed by atoms with E-state index in [4.69, 9.17) is 0 Å². The summed E-state index contributed by atoms with van der Waals surface area (Å²) in [5.41, 5.74) is -0.351. The first kappa shape index (κ1) is 14.2. The van der Waals surface area contributed by atoms with Gasteiger partial charge in [-0.3, -0.25) is 4.79 Å². The summed E-state index contributed by atoms with van der Waals surface area (Å²) in [5, 5.41) is 12.9. The number of nitrogens with one attached hydrogen (secondary N) is 1. The summed E-state index contributed by atoms with van der Waals surface area (Å²) in [5.74, 6) is 1.93. The summed E-state index contributed by atoms with van der Waals surface area (Å²) >= 11 is 1.76. The minimum Gasteiger partial charge on any atom is -0.394 e. The van der Waals surface area contributed by atoms with Crippen LogP contribution in [-0.2, 0) is 4.79 Å². The van der Waals surface area contributed by atoms with Crippen molar-refractivity contribution in [2.75, 3.05) is 12.4 Å². The molecular weight excluding hydrogens is 246 g/mol. The van der Waals surface area contributed by atoms with E-state index in [1.54, 1.807) is 11.8 Å². The summed E-state index contributed by atoms with van der Waals surface area (Å²) in [4.78, 5) is 12.4. The first-order chi connectivity index (χ1) is 8.50. The fraction of sp³-hybridized carbons (Fsp3) is 0.929. The van der Waals surface area contributed by atoms with Gasteiger partial charge in [-0.2, -0.15) is 0 Å². The van der Waals surface area contributed by atoms with Gasteiger partial charge in [0.05, 0.1) is 16.9 Å². The second kappa shape index (κ2) is 5.41. The van der Waals surface area contributed by atoms with Crippen LogP contribution in [0.15, 0.2) is 0 Å². The lowest BCUT2D eigenvalue weighted by Crippen LogP contribution is -2.57. The van der Waals surface area contributed by atoms with Crippen molar-refractivity contribution in [1.29, 1.82) is 0 Å². The summed E-state index contributed by atoms with van der Waals surface area (Å²) in [6.07, 6.45) is 6.11. The van der Waals surface area contributed by atoms with Crippen LogP contribution in [0.5, 0.6) is 0 Å². The topological polar surface area (TPSA) is 49.3 Å². The Hall–Kier alpha value is -0.220. The molecule has 1 saturated carbocycles. The minimum atomic E-state index is -0.351. The van der Waals surface area contributed by atoms with Gasteiger partial charge in [-0.25, -0.2) is 0 Å². The Morgan fingerprint density at radius 1 is 1.39 bits per heavy atom. The van der Waals surface area contributed by atoms with Crippen LogP contribution in [0.1, 0.15) is 52.4 Å². The Kier molecular flexibility index (Phi) is 4.27. The SMILES string of the molecule is CC1CCC(CO)(NC(=O)C2(C)CCCS2)CC1. The van der Waals surface area contributed by atoms with Gasteiger partial charge in [0.15, 0.2) is 0 Å². The normalized spacial score (nSPS) is 40.7. The van der Waals surface area contributed by atoms with Crippen LogP contribution in [0.4, 0.5) is 0 Å². The van der Waals surface area contributed by atoms with Crippen molar-refractivity contribution in [3.05, 3.63) is 0 Å². The quantitative estimate of drug-likeness (QED) is 0.828. The number of hydrogen-bond acceptors (Lipinski definition) is 3. The zero-order valence-electron chi connectivity index (χ0n) is 11.5. The van der Waals surface area contributed by atoms with E-state index < -0.39 is 0 Å². The van der Waals surface area contributed by atoms with E-state index in [-0.39, 0.29) is 22.8 Å². The molecule has 1 amide bonds. The molecule has 1 heterocycles. The van der Waals surface area contributed by atoms with Gasteiger partial charge in [-0.1, -0.05) is 6.92 Å². The fourth-order valence-corrected chi connectivity index (χ4v) is 4.18.